The van der Waals surface area contributed by atoms with E-state index in [0.717, 1.165) is 17.7 Å². The second kappa shape index (κ2) is 4.35. The first-order valence-electron chi connectivity index (χ1n) is 5.24. The van der Waals surface area contributed by atoms with Crippen LogP contribution in [-0.2, 0) is 17.8 Å². The summed E-state index contributed by atoms with van der Waals surface area (Å²) in [5, 5.41) is 0.440. The molecule has 0 spiro atoms. The monoisotopic (exact) mass is 248 g/mol. The number of hydrogen-bond acceptors (Lipinski definition) is 5. The SMILES string of the molecule is Clc1nc(-c2cnccn2)nc2c1COCC2. The lowest BCUT2D eigenvalue weighted by molar-refractivity contribution is 0.109. The van der Waals surface area contributed by atoms with Crippen molar-refractivity contribution < 1.29 is 4.74 Å². The van der Waals surface area contributed by atoms with Gasteiger partial charge in [-0.25, -0.2) is 15.0 Å². The lowest BCUT2D eigenvalue weighted by atomic mass is 10.1. The first-order valence-corrected chi connectivity index (χ1v) is 5.62. The zero-order valence-corrected chi connectivity index (χ0v) is 9.68. The lowest BCUT2D eigenvalue weighted by Gasteiger charge is -2.16. The molecule has 0 saturated carbocycles. The van der Waals surface area contributed by atoms with Crippen LogP contribution in [0.15, 0.2) is 18.6 Å². The summed E-state index contributed by atoms with van der Waals surface area (Å²) in [5.74, 6) is 0.517. The van der Waals surface area contributed by atoms with Gasteiger partial charge in [0, 0.05) is 24.4 Å². The van der Waals surface area contributed by atoms with E-state index < -0.39 is 0 Å². The van der Waals surface area contributed by atoms with Gasteiger partial charge in [0.1, 0.15) is 10.8 Å². The molecular weight excluding hydrogens is 240 g/mol. The normalized spacial score (nSPS) is 14.4. The van der Waals surface area contributed by atoms with Gasteiger partial charge in [0.25, 0.3) is 0 Å². The molecule has 1 aliphatic rings. The highest BCUT2D eigenvalue weighted by Gasteiger charge is 2.18. The number of halogens is 1. The minimum absolute atomic E-state index is 0.440. The van der Waals surface area contributed by atoms with Gasteiger partial charge >= 0.3 is 0 Å². The summed E-state index contributed by atoms with van der Waals surface area (Å²) in [4.78, 5) is 16.8. The van der Waals surface area contributed by atoms with Gasteiger partial charge in [0.15, 0.2) is 5.82 Å². The summed E-state index contributed by atoms with van der Waals surface area (Å²) >= 11 is 6.12. The van der Waals surface area contributed by atoms with E-state index in [0.29, 0.717) is 29.9 Å². The van der Waals surface area contributed by atoms with E-state index in [9.17, 15) is 0 Å². The summed E-state index contributed by atoms with van der Waals surface area (Å²) in [7, 11) is 0. The van der Waals surface area contributed by atoms with Crippen LogP contribution in [0.5, 0.6) is 0 Å². The third-order valence-electron chi connectivity index (χ3n) is 2.56. The molecule has 0 aromatic carbocycles. The fourth-order valence-electron chi connectivity index (χ4n) is 1.72. The average Bonchev–Trinajstić information content (AvgIpc) is 2.40. The van der Waals surface area contributed by atoms with Crippen molar-refractivity contribution in [2.75, 3.05) is 6.61 Å². The molecule has 0 bridgehead atoms. The minimum atomic E-state index is 0.440. The number of aromatic nitrogens is 4. The maximum atomic E-state index is 6.12. The second-order valence-corrected chi connectivity index (χ2v) is 4.01. The van der Waals surface area contributed by atoms with Crippen LogP contribution in [0.1, 0.15) is 11.3 Å². The van der Waals surface area contributed by atoms with Crippen molar-refractivity contribution in [1.82, 2.24) is 19.9 Å². The van der Waals surface area contributed by atoms with Gasteiger partial charge in [-0.05, 0) is 0 Å². The van der Waals surface area contributed by atoms with Crippen LogP contribution in [0.4, 0.5) is 0 Å². The van der Waals surface area contributed by atoms with Crippen molar-refractivity contribution in [1.29, 1.82) is 0 Å². The van der Waals surface area contributed by atoms with Crippen molar-refractivity contribution in [2.24, 2.45) is 0 Å². The summed E-state index contributed by atoms with van der Waals surface area (Å²) in [6.45, 7) is 1.15. The molecule has 2 aromatic heterocycles. The molecule has 0 amide bonds. The van der Waals surface area contributed by atoms with Crippen molar-refractivity contribution in [3.63, 3.8) is 0 Å². The molecule has 1 aliphatic heterocycles. The number of rotatable bonds is 1. The highest BCUT2D eigenvalue weighted by molar-refractivity contribution is 6.30. The Labute approximate surface area is 103 Å². The first-order chi connectivity index (χ1) is 8.34. The Hall–Kier alpha value is -1.59. The highest BCUT2D eigenvalue weighted by Crippen LogP contribution is 2.24. The average molecular weight is 249 g/mol. The van der Waals surface area contributed by atoms with Crippen LogP contribution >= 0.6 is 11.6 Å². The molecule has 6 heteroatoms. The minimum Gasteiger partial charge on any atom is -0.376 e. The standard InChI is InChI=1S/C11H9ClN4O/c12-10-7-6-17-4-1-8(7)15-11(16-10)9-5-13-2-3-14-9/h2-3,5H,1,4,6H2. The molecule has 0 radical (unpaired) electrons. The largest absolute Gasteiger partial charge is 0.376 e. The van der Waals surface area contributed by atoms with Crippen LogP contribution in [0.25, 0.3) is 11.5 Å². The van der Waals surface area contributed by atoms with E-state index in [-0.39, 0.29) is 0 Å². The van der Waals surface area contributed by atoms with E-state index >= 15 is 0 Å². The van der Waals surface area contributed by atoms with Crippen molar-refractivity contribution in [3.8, 4) is 11.5 Å². The summed E-state index contributed by atoms with van der Waals surface area (Å²) in [6, 6.07) is 0. The quantitative estimate of drug-likeness (QED) is 0.719. The molecule has 17 heavy (non-hydrogen) atoms. The van der Waals surface area contributed by atoms with Gasteiger partial charge in [-0.1, -0.05) is 11.6 Å². The Kier molecular flexibility index (Phi) is 2.70. The fourth-order valence-corrected chi connectivity index (χ4v) is 1.97. The Bertz CT molecular complexity index is 547. The maximum Gasteiger partial charge on any atom is 0.181 e. The Morgan fingerprint density at radius 3 is 3.00 bits per heavy atom. The van der Waals surface area contributed by atoms with Crippen molar-refractivity contribution >= 4 is 11.6 Å². The van der Waals surface area contributed by atoms with Crippen LogP contribution in [0.3, 0.4) is 0 Å². The van der Waals surface area contributed by atoms with Crippen LogP contribution in [0, 0.1) is 0 Å². The van der Waals surface area contributed by atoms with Crippen LogP contribution in [-0.4, -0.2) is 26.5 Å². The van der Waals surface area contributed by atoms with Crippen molar-refractivity contribution in [2.45, 2.75) is 13.0 Å². The van der Waals surface area contributed by atoms with E-state index in [4.69, 9.17) is 16.3 Å². The Morgan fingerprint density at radius 2 is 2.18 bits per heavy atom. The topological polar surface area (TPSA) is 60.8 Å². The van der Waals surface area contributed by atoms with E-state index in [1.54, 1.807) is 18.6 Å². The van der Waals surface area contributed by atoms with Gasteiger partial charge in [0.2, 0.25) is 0 Å². The molecule has 0 unspecified atom stereocenters. The molecule has 0 N–H and O–H groups in total. The number of hydrogen-bond donors (Lipinski definition) is 0. The molecule has 3 rings (SSSR count). The predicted octanol–water partition coefficient (Wildman–Crippen LogP) is 1.66. The Balaban J connectivity index is 2.11. The summed E-state index contributed by atoms with van der Waals surface area (Å²) < 4.78 is 5.33. The lowest BCUT2D eigenvalue weighted by Crippen LogP contribution is -2.14. The zero-order chi connectivity index (χ0) is 11.7. The third-order valence-corrected chi connectivity index (χ3v) is 2.88. The predicted molar refractivity (Wildman–Crippen MR) is 61.4 cm³/mol. The second-order valence-electron chi connectivity index (χ2n) is 3.66. The van der Waals surface area contributed by atoms with Gasteiger partial charge in [0.05, 0.1) is 25.1 Å². The highest BCUT2D eigenvalue weighted by atomic mass is 35.5. The molecule has 0 atom stereocenters. The van der Waals surface area contributed by atoms with Gasteiger partial charge in [-0.15, -0.1) is 0 Å². The fraction of sp³-hybridized carbons (Fsp3) is 0.273. The number of ether oxygens (including phenoxy) is 1. The first kappa shape index (κ1) is 10.6. The zero-order valence-electron chi connectivity index (χ0n) is 8.93. The molecule has 0 fully saturated rings. The smallest absolute Gasteiger partial charge is 0.181 e. The summed E-state index contributed by atoms with van der Waals surface area (Å²) in [6.07, 6.45) is 5.59. The molecule has 2 aromatic rings. The van der Waals surface area contributed by atoms with Crippen LogP contribution in [0.2, 0.25) is 5.15 Å². The van der Waals surface area contributed by atoms with Gasteiger partial charge in [-0.2, -0.15) is 0 Å². The van der Waals surface area contributed by atoms with Gasteiger partial charge in [-0.3, -0.25) is 4.98 Å². The number of nitrogens with zero attached hydrogens (tertiary/aromatic N) is 4. The van der Waals surface area contributed by atoms with E-state index in [1.807, 2.05) is 0 Å². The van der Waals surface area contributed by atoms with E-state index in [2.05, 4.69) is 19.9 Å². The third kappa shape index (κ3) is 1.99. The van der Waals surface area contributed by atoms with E-state index in [1.165, 1.54) is 0 Å². The Morgan fingerprint density at radius 1 is 1.24 bits per heavy atom. The summed E-state index contributed by atoms with van der Waals surface area (Å²) in [5.41, 5.74) is 2.45. The van der Waals surface area contributed by atoms with Crippen molar-refractivity contribution in [3.05, 3.63) is 35.0 Å². The molecule has 3 heterocycles. The van der Waals surface area contributed by atoms with Crippen LogP contribution < -0.4 is 0 Å². The molecule has 5 nitrogen and oxygen atoms in total. The molecular formula is C11H9ClN4O. The molecule has 0 saturated heterocycles. The maximum absolute atomic E-state index is 6.12. The number of fused-ring (bicyclic) bond motifs is 1. The van der Waals surface area contributed by atoms with Gasteiger partial charge < -0.3 is 4.74 Å². The molecule has 0 aliphatic carbocycles. The molecule has 86 valence electrons.